The second-order valence-electron chi connectivity index (χ2n) is 3.87. The van der Waals surface area contributed by atoms with Crippen molar-refractivity contribution in [3.05, 3.63) is 22.2 Å². The van der Waals surface area contributed by atoms with E-state index in [4.69, 9.17) is 5.73 Å². The summed E-state index contributed by atoms with van der Waals surface area (Å²) in [5.74, 6) is 1.24. The van der Waals surface area contributed by atoms with Crippen molar-refractivity contribution in [3.8, 4) is 0 Å². The molecule has 15 heavy (non-hydrogen) atoms. The van der Waals surface area contributed by atoms with Gasteiger partial charge in [-0.15, -0.1) is 0 Å². The van der Waals surface area contributed by atoms with Crippen molar-refractivity contribution in [2.45, 2.75) is 26.4 Å². The van der Waals surface area contributed by atoms with Gasteiger partial charge in [0.2, 0.25) is 0 Å². The number of aromatic nitrogens is 2. The number of halogens is 1. The maximum atomic E-state index is 9.62. The lowest BCUT2D eigenvalue weighted by Gasteiger charge is -2.11. The molecule has 0 aliphatic rings. The standard InChI is InChI=1S/C10H16BrN3O/c1-6(2)3-9-13-5-7(11)10(14-9)8(15)4-12/h5-6,8,15H,3-4,12H2,1-2H3. The molecule has 0 aliphatic heterocycles. The molecule has 1 aromatic rings. The van der Waals surface area contributed by atoms with Crippen LogP contribution in [0.4, 0.5) is 0 Å². The highest BCUT2D eigenvalue weighted by atomic mass is 79.9. The van der Waals surface area contributed by atoms with Crippen LogP contribution in [0.3, 0.4) is 0 Å². The van der Waals surface area contributed by atoms with E-state index in [-0.39, 0.29) is 6.54 Å². The third-order valence-corrected chi connectivity index (χ3v) is 2.56. The zero-order chi connectivity index (χ0) is 11.4. The predicted octanol–water partition coefficient (Wildman–Crippen LogP) is 1.43. The van der Waals surface area contributed by atoms with Gasteiger partial charge in [0.05, 0.1) is 10.2 Å². The van der Waals surface area contributed by atoms with Crippen LogP contribution in [0.2, 0.25) is 0 Å². The average Bonchev–Trinajstić information content (AvgIpc) is 2.19. The minimum Gasteiger partial charge on any atom is -0.385 e. The monoisotopic (exact) mass is 273 g/mol. The largest absolute Gasteiger partial charge is 0.385 e. The fourth-order valence-corrected chi connectivity index (χ4v) is 1.68. The topological polar surface area (TPSA) is 72.0 Å². The second kappa shape index (κ2) is 5.53. The number of hydrogen-bond acceptors (Lipinski definition) is 4. The molecule has 0 aliphatic carbocycles. The van der Waals surface area contributed by atoms with Gasteiger partial charge in [-0.25, -0.2) is 9.97 Å². The van der Waals surface area contributed by atoms with Crippen LogP contribution in [0, 0.1) is 5.92 Å². The number of rotatable bonds is 4. The van der Waals surface area contributed by atoms with Crippen LogP contribution in [-0.2, 0) is 6.42 Å². The molecule has 5 heteroatoms. The Morgan fingerprint density at radius 2 is 2.20 bits per heavy atom. The predicted molar refractivity (Wildman–Crippen MR) is 62.3 cm³/mol. The summed E-state index contributed by atoms with van der Waals surface area (Å²) in [6.07, 6.45) is 1.74. The summed E-state index contributed by atoms with van der Waals surface area (Å²) in [6.45, 7) is 4.37. The first kappa shape index (κ1) is 12.5. The number of aliphatic hydroxyl groups is 1. The van der Waals surface area contributed by atoms with Gasteiger partial charge in [-0.3, -0.25) is 0 Å². The van der Waals surface area contributed by atoms with Crippen LogP contribution in [-0.4, -0.2) is 21.6 Å². The number of hydrogen-bond donors (Lipinski definition) is 2. The SMILES string of the molecule is CC(C)Cc1ncc(Br)c(C(O)CN)n1. The van der Waals surface area contributed by atoms with Crippen LogP contribution in [0.25, 0.3) is 0 Å². The van der Waals surface area contributed by atoms with Gasteiger partial charge in [-0.2, -0.15) is 0 Å². The quantitative estimate of drug-likeness (QED) is 0.871. The molecule has 1 rings (SSSR count). The molecule has 0 amide bonds. The molecular weight excluding hydrogens is 258 g/mol. The average molecular weight is 274 g/mol. The first-order chi connectivity index (χ1) is 7.04. The molecule has 0 saturated carbocycles. The van der Waals surface area contributed by atoms with Crippen molar-refractivity contribution in [1.82, 2.24) is 9.97 Å². The first-order valence-corrected chi connectivity index (χ1v) is 5.73. The highest BCUT2D eigenvalue weighted by Gasteiger charge is 2.13. The van der Waals surface area contributed by atoms with Gasteiger partial charge in [-0.05, 0) is 21.8 Å². The lowest BCUT2D eigenvalue weighted by molar-refractivity contribution is 0.180. The molecule has 0 spiro atoms. The van der Waals surface area contributed by atoms with E-state index in [1.165, 1.54) is 0 Å². The third kappa shape index (κ3) is 3.52. The second-order valence-corrected chi connectivity index (χ2v) is 4.72. The minimum absolute atomic E-state index is 0.163. The van der Waals surface area contributed by atoms with E-state index in [0.717, 1.165) is 12.2 Å². The summed E-state index contributed by atoms with van der Waals surface area (Å²) < 4.78 is 0.702. The molecule has 1 heterocycles. The molecular formula is C10H16BrN3O. The Bertz CT molecular complexity index is 330. The van der Waals surface area contributed by atoms with Gasteiger partial charge >= 0.3 is 0 Å². The van der Waals surface area contributed by atoms with E-state index in [9.17, 15) is 5.11 Å². The Hall–Kier alpha value is -0.520. The van der Waals surface area contributed by atoms with Crippen molar-refractivity contribution in [1.29, 1.82) is 0 Å². The van der Waals surface area contributed by atoms with E-state index in [0.29, 0.717) is 16.1 Å². The summed E-state index contributed by atoms with van der Waals surface area (Å²) in [7, 11) is 0. The number of nitrogens with zero attached hydrogens (tertiary/aromatic N) is 2. The van der Waals surface area contributed by atoms with Gasteiger partial charge in [-0.1, -0.05) is 13.8 Å². The van der Waals surface area contributed by atoms with Crippen LogP contribution >= 0.6 is 15.9 Å². The van der Waals surface area contributed by atoms with Crippen LogP contribution in [0.15, 0.2) is 10.7 Å². The first-order valence-electron chi connectivity index (χ1n) is 4.94. The van der Waals surface area contributed by atoms with Crippen molar-refractivity contribution >= 4 is 15.9 Å². The van der Waals surface area contributed by atoms with Crippen molar-refractivity contribution < 1.29 is 5.11 Å². The molecule has 84 valence electrons. The maximum absolute atomic E-state index is 9.62. The van der Waals surface area contributed by atoms with Gasteiger partial charge < -0.3 is 10.8 Å². The fraction of sp³-hybridized carbons (Fsp3) is 0.600. The third-order valence-electron chi connectivity index (χ3n) is 1.95. The van der Waals surface area contributed by atoms with Crippen molar-refractivity contribution in [2.75, 3.05) is 6.54 Å². The van der Waals surface area contributed by atoms with E-state index in [1.807, 2.05) is 0 Å². The Balaban J connectivity index is 2.94. The van der Waals surface area contributed by atoms with Crippen molar-refractivity contribution in [3.63, 3.8) is 0 Å². The van der Waals surface area contributed by atoms with Gasteiger partial charge in [0, 0.05) is 19.2 Å². The molecule has 0 aromatic carbocycles. The summed E-state index contributed by atoms with van der Waals surface area (Å²) in [5, 5.41) is 9.62. The molecule has 1 atom stereocenters. The maximum Gasteiger partial charge on any atom is 0.128 e. The van der Waals surface area contributed by atoms with Crippen LogP contribution in [0.1, 0.15) is 31.5 Å². The molecule has 4 nitrogen and oxygen atoms in total. The van der Waals surface area contributed by atoms with Gasteiger partial charge in [0.1, 0.15) is 11.9 Å². The normalized spacial score (nSPS) is 13.2. The highest BCUT2D eigenvalue weighted by molar-refractivity contribution is 9.10. The lowest BCUT2D eigenvalue weighted by atomic mass is 10.1. The van der Waals surface area contributed by atoms with E-state index in [2.05, 4.69) is 39.7 Å². The molecule has 0 saturated heterocycles. The lowest BCUT2D eigenvalue weighted by Crippen LogP contribution is -2.15. The minimum atomic E-state index is -0.728. The summed E-state index contributed by atoms with van der Waals surface area (Å²) >= 11 is 3.30. The molecule has 0 radical (unpaired) electrons. The molecule has 3 N–H and O–H groups in total. The summed E-state index contributed by atoms with van der Waals surface area (Å²) in [4.78, 5) is 8.48. The van der Waals surface area contributed by atoms with Crippen molar-refractivity contribution in [2.24, 2.45) is 11.7 Å². The van der Waals surface area contributed by atoms with E-state index >= 15 is 0 Å². The van der Waals surface area contributed by atoms with Gasteiger partial charge in [0.15, 0.2) is 0 Å². The fourth-order valence-electron chi connectivity index (χ4n) is 1.23. The molecule has 0 bridgehead atoms. The molecule has 1 aromatic heterocycles. The van der Waals surface area contributed by atoms with Gasteiger partial charge in [0.25, 0.3) is 0 Å². The smallest absolute Gasteiger partial charge is 0.128 e. The summed E-state index contributed by atoms with van der Waals surface area (Å²) in [5.41, 5.74) is 5.97. The number of nitrogens with two attached hydrogens (primary N) is 1. The Kier molecular flexibility index (Phi) is 4.63. The molecule has 0 fully saturated rings. The zero-order valence-corrected chi connectivity index (χ0v) is 10.5. The van der Waals surface area contributed by atoms with E-state index in [1.54, 1.807) is 6.20 Å². The Labute approximate surface area is 98.1 Å². The van der Waals surface area contributed by atoms with E-state index < -0.39 is 6.10 Å². The zero-order valence-electron chi connectivity index (χ0n) is 8.94. The van der Waals surface area contributed by atoms with Crippen LogP contribution < -0.4 is 5.73 Å². The number of aliphatic hydroxyl groups excluding tert-OH is 1. The molecule has 1 unspecified atom stereocenters. The Morgan fingerprint density at radius 1 is 1.53 bits per heavy atom. The van der Waals surface area contributed by atoms with Crippen LogP contribution in [0.5, 0.6) is 0 Å². The highest BCUT2D eigenvalue weighted by Crippen LogP contribution is 2.20. The summed E-state index contributed by atoms with van der Waals surface area (Å²) in [6, 6.07) is 0. The Morgan fingerprint density at radius 3 is 2.73 bits per heavy atom.